The Balaban J connectivity index is 1.53. The second-order valence-corrected chi connectivity index (χ2v) is 6.95. The lowest BCUT2D eigenvalue weighted by Crippen LogP contribution is -2.19. The van der Waals surface area contributed by atoms with Crippen LogP contribution in [0, 0.1) is 6.92 Å². The summed E-state index contributed by atoms with van der Waals surface area (Å²) in [6.45, 7) is 1.96. The van der Waals surface area contributed by atoms with E-state index in [0.717, 1.165) is 22.6 Å². The number of hydrazone groups is 1. The van der Waals surface area contributed by atoms with Crippen molar-refractivity contribution in [2.24, 2.45) is 5.10 Å². The minimum absolute atomic E-state index is 0.276. The highest BCUT2D eigenvalue weighted by Gasteiger charge is 2.11. The highest BCUT2D eigenvalue weighted by molar-refractivity contribution is 6.31. The SMILES string of the molecule is Cc1ccc(-n2cccc2/C=N\NC(=O)c2ccccc2-n2cccc2)cc1Cl. The van der Waals surface area contributed by atoms with Gasteiger partial charge < -0.3 is 9.13 Å². The molecule has 4 aromatic rings. The molecule has 0 saturated heterocycles. The Labute approximate surface area is 173 Å². The number of carbonyl (C=O) groups is 1. The Kier molecular flexibility index (Phi) is 5.31. The highest BCUT2D eigenvalue weighted by Crippen LogP contribution is 2.20. The number of carbonyl (C=O) groups excluding carboxylic acids is 1. The number of hydrogen-bond acceptors (Lipinski definition) is 2. The van der Waals surface area contributed by atoms with Crippen LogP contribution in [0.3, 0.4) is 0 Å². The van der Waals surface area contributed by atoms with Crippen molar-refractivity contribution in [2.75, 3.05) is 0 Å². The molecule has 1 amide bonds. The monoisotopic (exact) mass is 402 g/mol. The molecule has 0 fully saturated rings. The van der Waals surface area contributed by atoms with Crippen molar-refractivity contribution >= 4 is 23.7 Å². The van der Waals surface area contributed by atoms with Crippen LogP contribution in [0.4, 0.5) is 0 Å². The van der Waals surface area contributed by atoms with Gasteiger partial charge in [-0.3, -0.25) is 4.79 Å². The number of amides is 1. The number of aryl methyl sites for hydroxylation is 1. The standard InChI is InChI=1S/C23H19ClN4O/c1-17-10-11-18(15-21(17)24)28-14-6-7-19(28)16-25-26-23(29)20-8-2-3-9-22(20)27-12-4-5-13-27/h2-16H,1H3,(H,26,29)/b25-16-. The normalized spacial score (nSPS) is 11.1. The third-order valence-corrected chi connectivity index (χ3v) is 5.02. The summed E-state index contributed by atoms with van der Waals surface area (Å²) in [6.07, 6.45) is 7.33. The largest absolute Gasteiger partial charge is 0.323 e. The molecule has 1 N–H and O–H groups in total. The average Bonchev–Trinajstić information content (AvgIpc) is 3.42. The lowest BCUT2D eigenvalue weighted by Gasteiger charge is -2.09. The maximum atomic E-state index is 12.7. The molecule has 2 aromatic heterocycles. The maximum absolute atomic E-state index is 12.7. The van der Waals surface area contributed by atoms with Crippen LogP contribution in [0.25, 0.3) is 11.4 Å². The Morgan fingerprint density at radius 1 is 1.00 bits per heavy atom. The smallest absolute Gasteiger partial charge is 0.273 e. The summed E-state index contributed by atoms with van der Waals surface area (Å²) in [5, 5.41) is 4.85. The van der Waals surface area contributed by atoms with E-state index in [9.17, 15) is 4.79 Å². The molecular formula is C23H19ClN4O. The second kappa shape index (κ2) is 8.20. The van der Waals surface area contributed by atoms with Gasteiger partial charge in [0, 0.05) is 29.3 Å². The number of rotatable bonds is 5. The van der Waals surface area contributed by atoms with Gasteiger partial charge in [-0.15, -0.1) is 0 Å². The number of benzene rings is 2. The quantitative estimate of drug-likeness (QED) is 0.371. The van der Waals surface area contributed by atoms with E-state index in [1.807, 2.05) is 95.3 Å². The van der Waals surface area contributed by atoms with Gasteiger partial charge in [0.25, 0.3) is 5.91 Å². The number of halogens is 1. The highest BCUT2D eigenvalue weighted by atomic mass is 35.5. The van der Waals surface area contributed by atoms with Crippen LogP contribution < -0.4 is 5.43 Å². The third kappa shape index (κ3) is 4.00. The first-order valence-electron chi connectivity index (χ1n) is 9.13. The first-order valence-corrected chi connectivity index (χ1v) is 9.51. The molecule has 2 aromatic carbocycles. The molecule has 6 heteroatoms. The molecule has 4 rings (SSSR count). The van der Waals surface area contributed by atoms with Crippen LogP contribution in [0.15, 0.2) is 90.4 Å². The lowest BCUT2D eigenvalue weighted by molar-refractivity contribution is 0.0955. The molecule has 5 nitrogen and oxygen atoms in total. The van der Waals surface area contributed by atoms with Crippen LogP contribution in [-0.2, 0) is 0 Å². The van der Waals surface area contributed by atoms with E-state index in [1.54, 1.807) is 12.3 Å². The van der Waals surface area contributed by atoms with Gasteiger partial charge in [0.1, 0.15) is 0 Å². The van der Waals surface area contributed by atoms with Gasteiger partial charge in [-0.05, 0) is 61.0 Å². The maximum Gasteiger partial charge on any atom is 0.273 e. The Morgan fingerprint density at radius 2 is 1.79 bits per heavy atom. The molecule has 144 valence electrons. The first-order chi connectivity index (χ1) is 14.1. The molecule has 29 heavy (non-hydrogen) atoms. The van der Waals surface area contributed by atoms with Gasteiger partial charge in [0.2, 0.25) is 0 Å². The Hall–Kier alpha value is -3.57. The van der Waals surface area contributed by atoms with E-state index < -0.39 is 0 Å². The molecule has 0 bridgehead atoms. The summed E-state index contributed by atoms with van der Waals surface area (Å²) in [4.78, 5) is 12.7. The van der Waals surface area contributed by atoms with Crippen LogP contribution >= 0.6 is 11.6 Å². The van der Waals surface area contributed by atoms with E-state index >= 15 is 0 Å². The van der Waals surface area contributed by atoms with Crippen LogP contribution in [0.5, 0.6) is 0 Å². The van der Waals surface area contributed by atoms with E-state index in [4.69, 9.17) is 11.6 Å². The van der Waals surface area contributed by atoms with Crippen molar-refractivity contribution in [3.8, 4) is 11.4 Å². The predicted molar refractivity (Wildman–Crippen MR) is 116 cm³/mol. The number of hydrogen-bond donors (Lipinski definition) is 1. The van der Waals surface area contributed by atoms with Gasteiger partial charge in [-0.2, -0.15) is 5.10 Å². The van der Waals surface area contributed by atoms with Gasteiger partial charge in [0.05, 0.1) is 23.2 Å². The summed E-state index contributed by atoms with van der Waals surface area (Å²) in [5.41, 5.74) is 6.72. The molecular weight excluding hydrogens is 384 g/mol. The zero-order valence-corrected chi connectivity index (χ0v) is 16.5. The summed E-state index contributed by atoms with van der Waals surface area (Å²) in [5.74, 6) is -0.276. The second-order valence-electron chi connectivity index (χ2n) is 6.54. The average molecular weight is 403 g/mol. The van der Waals surface area contributed by atoms with Crippen LogP contribution in [0.1, 0.15) is 21.6 Å². The molecule has 0 aliphatic carbocycles. The number of nitrogens with one attached hydrogen (secondary N) is 1. The fraction of sp³-hybridized carbons (Fsp3) is 0.0435. The molecule has 0 atom stereocenters. The lowest BCUT2D eigenvalue weighted by atomic mass is 10.1. The predicted octanol–water partition coefficient (Wildman–Crippen LogP) is 4.99. The molecule has 0 saturated carbocycles. The van der Waals surface area contributed by atoms with Crippen molar-refractivity contribution in [3.63, 3.8) is 0 Å². The zero-order chi connectivity index (χ0) is 20.2. The van der Waals surface area contributed by atoms with E-state index in [2.05, 4.69) is 10.5 Å². The van der Waals surface area contributed by atoms with Crippen molar-refractivity contribution in [1.82, 2.24) is 14.6 Å². The van der Waals surface area contributed by atoms with E-state index in [1.165, 1.54) is 0 Å². The van der Waals surface area contributed by atoms with Gasteiger partial charge in [-0.1, -0.05) is 29.8 Å². The molecule has 0 spiro atoms. The van der Waals surface area contributed by atoms with Crippen molar-refractivity contribution in [3.05, 3.63) is 107 Å². The van der Waals surface area contributed by atoms with Crippen LogP contribution in [0.2, 0.25) is 5.02 Å². The van der Waals surface area contributed by atoms with Crippen molar-refractivity contribution in [2.45, 2.75) is 6.92 Å². The van der Waals surface area contributed by atoms with Gasteiger partial charge >= 0.3 is 0 Å². The summed E-state index contributed by atoms with van der Waals surface area (Å²) in [7, 11) is 0. The molecule has 2 heterocycles. The Bertz CT molecular complexity index is 1180. The molecule has 0 radical (unpaired) electrons. The van der Waals surface area contributed by atoms with Gasteiger partial charge in [0.15, 0.2) is 0 Å². The van der Waals surface area contributed by atoms with Crippen LogP contribution in [-0.4, -0.2) is 21.3 Å². The van der Waals surface area contributed by atoms with E-state index in [-0.39, 0.29) is 5.91 Å². The van der Waals surface area contributed by atoms with Crippen molar-refractivity contribution in [1.29, 1.82) is 0 Å². The summed E-state index contributed by atoms with van der Waals surface area (Å²) < 4.78 is 3.85. The third-order valence-electron chi connectivity index (χ3n) is 4.61. The number of aromatic nitrogens is 2. The first kappa shape index (κ1) is 18.8. The summed E-state index contributed by atoms with van der Waals surface area (Å²) >= 11 is 6.25. The minimum Gasteiger partial charge on any atom is -0.323 e. The minimum atomic E-state index is -0.276. The van der Waals surface area contributed by atoms with Gasteiger partial charge in [-0.25, -0.2) is 5.43 Å². The number of nitrogens with zero attached hydrogens (tertiary/aromatic N) is 3. The summed E-state index contributed by atoms with van der Waals surface area (Å²) in [6, 6.07) is 20.9. The fourth-order valence-electron chi connectivity index (χ4n) is 3.07. The van der Waals surface area contributed by atoms with E-state index in [0.29, 0.717) is 10.6 Å². The number of para-hydroxylation sites is 1. The fourth-order valence-corrected chi connectivity index (χ4v) is 3.24. The molecule has 0 unspecified atom stereocenters. The van der Waals surface area contributed by atoms with Crippen molar-refractivity contribution < 1.29 is 4.79 Å². The topological polar surface area (TPSA) is 51.3 Å². The Morgan fingerprint density at radius 3 is 2.59 bits per heavy atom. The molecule has 0 aliphatic rings. The zero-order valence-electron chi connectivity index (χ0n) is 15.8. The molecule has 0 aliphatic heterocycles.